The van der Waals surface area contributed by atoms with Gasteiger partial charge >= 0.3 is 11.9 Å². The van der Waals surface area contributed by atoms with E-state index in [1.54, 1.807) is 4.90 Å². The number of hydrogen-bond donors (Lipinski definition) is 1. The zero-order valence-electron chi connectivity index (χ0n) is 31.9. The number of halogens is 1. The van der Waals surface area contributed by atoms with Crippen molar-refractivity contribution < 1.29 is 33.4 Å². The number of likely N-dealkylation sites (N-methyl/N-ethyl adjacent to an activating group) is 1. The Morgan fingerprint density at radius 3 is 1.19 bits per heavy atom. The number of aliphatic hydroxyl groups excluding tert-OH is 1. The average Bonchev–Trinajstić information content (AvgIpc) is 3.04. The molecule has 8 nitrogen and oxygen atoms in total. The molecule has 0 unspecified atom stereocenters. The number of amides is 1. The minimum atomic E-state index is -0.215. The van der Waals surface area contributed by atoms with E-state index in [2.05, 4.69) is 13.8 Å². The molecular weight excluding hydrogens is 672 g/mol. The Labute approximate surface area is 306 Å². The monoisotopic (exact) mass is 750 g/mol. The normalized spacial score (nSPS) is 11.3. The number of hydrogen-bond acceptors (Lipinski definition) is 6. The molecule has 0 aromatic rings. The molecule has 0 saturated carbocycles. The zero-order valence-corrected chi connectivity index (χ0v) is 33.6. The molecule has 0 fully saturated rings. The summed E-state index contributed by atoms with van der Waals surface area (Å²) in [4.78, 5) is 39.4. The number of quaternary nitrogens is 1. The minimum Gasteiger partial charge on any atom is -0.464 e. The van der Waals surface area contributed by atoms with E-state index < -0.39 is 0 Å². The van der Waals surface area contributed by atoms with Crippen LogP contribution in [0.5, 0.6) is 0 Å². The van der Waals surface area contributed by atoms with Crippen LogP contribution in [0.25, 0.3) is 0 Å². The van der Waals surface area contributed by atoms with E-state index in [1.165, 1.54) is 103 Å². The van der Waals surface area contributed by atoms with Gasteiger partial charge in [-0.25, -0.2) is 0 Å². The minimum absolute atomic E-state index is 0. The number of rotatable bonds is 35. The van der Waals surface area contributed by atoms with Gasteiger partial charge < -0.3 is 24.0 Å². The summed E-state index contributed by atoms with van der Waals surface area (Å²) in [5, 5.41) is 9.32. The molecular formula is C39H78BrN2O6+. The highest BCUT2D eigenvalue weighted by atomic mass is 79.9. The van der Waals surface area contributed by atoms with E-state index in [0.29, 0.717) is 36.8 Å². The molecule has 0 saturated heterocycles. The van der Waals surface area contributed by atoms with Crippen LogP contribution < -0.4 is 0 Å². The van der Waals surface area contributed by atoms with Gasteiger partial charge in [0.1, 0.15) is 19.8 Å². The van der Waals surface area contributed by atoms with Crippen molar-refractivity contribution in [3.05, 3.63) is 0 Å². The summed E-state index contributed by atoms with van der Waals surface area (Å²) in [6.45, 7) is 6.57. The van der Waals surface area contributed by atoms with Crippen molar-refractivity contribution in [1.82, 2.24) is 4.90 Å². The highest BCUT2D eigenvalue weighted by molar-refractivity contribution is 8.93. The van der Waals surface area contributed by atoms with Gasteiger partial charge in [0.15, 0.2) is 0 Å². The van der Waals surface area contributed by atoms with Crippen molar-refractivity contribution in [2.45, 2.75) is 174 Å². The number of aliphatic hydroxyl groups is 1. The summed E-state index contributed by atoms with van der Waals surface area (Å²) in [7, 11) is 3.97. The molecule has 1 N–H and O–H groups in total. The van der Waals surface area contributed by atoms with E-state index >= 15 is 0 Å². The standard InChI is InChI=1S/C39H77N2O6.BrH/c1-5-7-9-11-13-15-17-19-21-23-25-27-38(44)46-35-30-40(37(43)29-32-41(3,4)33-34-42)31-36-47-39(45)28-26-24-22-20-18-16-14-12-10-8-6-2;/h42H,5-36H2,1-4H3;1H/q+1;. The molecule has 0 rings (SSSR count). The number of carbonyl (C=O) groups is 3. The van der Waals surface area contributed by atoms with Crippen LogP contribution >= 0.6 is 17.0 Å². The second-order valence-electron chi connectivity index (χ2n) is 14.2. The molecule has 9 heteroatoms. The Kier molecular flexibility index (Phi) is 36.3. The molecule has 1 amide bonds. The Morgan fingerprint density at radius 2 is 0.854 bits per heavy atom. The lowest BCUT2D eigenvalue weighted by atomic mass is 10.1. The van der Waals surface area contributed by atoms with Crippen molar-refractivity contribution in [3.63, 3.8) is 0 Å². The van der Waals surface area contributed by atoms with Crippen molar-refractivity contribution in [2.24, 2.45) is 0 Å². The molecule has 0 spiro atoms. The van der Waals surface area contributed by atoms with Crippen molar-refractivity contribution in [3.8, 4) is 0 Å². The summed E-state index contributed by atoms with van der Waals surface area (Å²) in [5.74, 6) is -0.489. The summed E-state index contributed by atoms with van der Waals surface area (Å²) < 4.78 is 11.5. The summed E-state index contributed by atoms with van der Waals surface area (Å²) in [5.41, 5.74) is 0. The van der Waals surface area contributed by atoms with Crippen LogP contribution in [0.3, 0.4) is 0 Å². The van der Waals surface area contributed by atoms with E-state index in [-0.39, 0.29) is 67.7 Å². The Morgan fingerprint density at radius 1 is 0.521 bits per heavy atom. The second kappa shape index (κ2) is 35.6. The summed E-state index contributed by atoms with van der Waals surface area (Å²) in [6.07, 6.45) is 28.3. The molecule has 0 heterocycles. The summed E-state index contributed by atoms with van der Waals surface area (Å²) in [6, 6.07) is 0. The van der Waals surface area contributed by atoms with Crippen molar-refractivity contribution in [1.29, 1.82) is 0 Å². The van der Waals surface area contributed by atoms with Gasteiger partial charge in [0, 0.05) is 12.8 Å². The third-order valence-electron chi connectivity index (χ3n) is 9.21. The first-order chi connectivity index (χ1) is 22.8. The first-order valence-electron chi connectivity index (χ1n) is 19.8. The molecule has 0 atom stereocenters. The summed E-state index contributed by atoms with van der Waals surface area (Å²) >= 11 is 0. The third kappa shape index (κ3) is 33.3. The van der Waals surface area contributed by atoms with Gasteiger partial charge in [-0.3, -0.25) is 14.4 Å². The maximum Gasteiger partial charge on any atom is 0.305 e. The Bertz CT molecular complexity index is 708. The quantitative estimate of drug-likeness (QED) is 0.0395. The molecule has 0 aliphatic carbocycles. The average molecular weight is 751 g/mol. The first kappa shape index (κ1) is 48.9. The van der Waals surface area contributed by atoms with Crippen LogP contribution in [0.15, 0.2) is 0 Å². The van der Waals surface area contributed by atoms with Crippen molar-refractivity contribution >= 4 is 34.8 Å². The van der Waals surface area contributed by atoms with Gasteiger partial charge in [-0.2, -0.15) is 0 Å². The fraction of sp³-hybridized carbons (Fsp3) is 0.923. The molecule has 0 bridgehead atoms. The highest BCUT2D eigenvalue weighted by Crippen LogP contribution is 2.14. The SMILES string of the molecule is Br.CCCCCCCCCCCCCC(=O)OCCN(CCOC(=O)CCCCCCCCCCCCC)C(=O)CC[N+](C)(C)CCO. The lowest BCUT2D eigenvalue weighted by molar-refractivity contribution is -0.890. The van der Waals surface area contributed by atoms with Gasteiger partial charge in [-0.1, -0.05) is 142 Å². The molecule has 0 aromatic carbocycles. The van der Waals surface area contributed by atoms with E-state index in [9.17, 15) is 19.5 Å². The molecule has 0 aromatic heterocycles. The van der Waals surface area contributed by atoms with Crippen LogP contribution in [0.4, 0.5) is 0 Å². The van der Waals surface area contributed by atoms with Gasteiger partial charge in [0.2, 0.25) is 5.91 Å². The predicted molar refractivity (Wildman–Crippen MR) is 205 cm³/mol. The Hall–Kier alpha value is -1.19. The van der Waals surface area contributed by atoms with E-state index in [1.807, 2.05) is 14.1 Å². The third-order valence-corrected chi connectivity index (χ3v) is 9.21. The van der Waals surface area contributed by atoms with E-state index in [4.69, 9.17) is 9.47 Å². The molecule has 0 aliphatic rings. The lowest BCUT2D eigenvalue weighted by Gasteiger charge is -2.30. The highest BCUT2D eigenvalue weighted by Gasteiger charge is 2.21. The Balaban J connectivity index is 0. The van der Waals surface area contributed by atoms with Gasteiger partial charge in [-0.05, 0) is 12.8 Å². The van der Waals surface area contributed by atoms with Gasteiger partial charge in [-0.15, -0.1) is 17.0 Å². The number of esters is 2. The molecule has 286 valence electrons. The van der Waals surface area contributed by atoms with Crippen LogP contribution in [0, 0.1) is 0 Å². The molecule has 0 aliphatic heterocycles. The van der Waals surface area contributed by atoms with Crippen LogP contribution in [-0.2, 0) is 23.9 Å². The van der Waals surface area contributed by atoms with E-state index in [0.717, 1.165) is 38.5 Å². The van der Waals surface area contributed by atoms with Crippen LogP contribution in [0.1, 0.15) is 174 Å². The van der Waals surface area contributed by atoms with Crippen molar-refractivity contribution in [2.75, 3.05) is 60.1 Å². The van der Waals surface area contributed by atoms with Gasteiger partial charge in [0.25, 0.3) is 0 Å². The van der Waals surface area contributed by atoms with Crippen LogP contribution in [0.2, 0.25) is 0 Å². The fourth-order valence-electron chi connectivity index (χ4n) is 5.85. The maximum atomic E-state index is 13.1. The number of ether oxygens (including phenoxy) is 2. The smallest absolute Gasteiger partial charge is 0.305 e. The van der Waals surface area contributed by atoms with Gasteiger partial charge in [0.05, 0.1) is 46.8 Å². The lowest BCUT2D eigenvalue weighted by Crippen LogP contribution is -2.45. The second-order valence-corrected chi connectivity index (χ2v) is 14.2. The number of carbonyl (C=O) groups excluding carboxylic acids is 3. The van der Waals surface area contributed by atoms with Crippen LogP contribution in [-0.4, -0.2) is 92.4 Å². The zero-order chi connectivity index (χ0) is 34.9. The first-order valence-corrected chi connectivity index (χ1v) is 19.8. The number of unbranched alkanes of at least 4 members (excludes halogenated alkanes) is 20. The molecule has 0 radical (unpaired) electrons. The number of nitrogens with zero attached hydrogens (tertiary/aromatic N) is 2. The molecule has 48 heavy (non-hydrogen) atoms. The maximum absolute atomic E-state index is 13.1. The topological polar surface area (TPSA) is 93.1 Å². The fourth-order valence-corrected chi connectivity index (χ4v) is 5.85. The largest absolute Gasteiger partial charge is 0.464 e. The predicted octanol–water partition coefficient (Wildman–Crippen LogP) is 9.34.